The van der Waals surface area contributed by atoms with Crippen LogP contribution in [0.15, 0.2) is 12.1 Å². The lowest BCUT2D eigenvalue weighted by Gasteiger charge is -2.13. The highest BCUT2D eigenvalue weighted by molar-refractivity contribution is 6.31. The van der Waals surface area contributed by atoms with E-state index in [1.807, 2.05) is 6.07 Å². The van der Waals surface area contributed by atoms with Gasteiger partial charge in [0.25, 0.3) is 0 Å². The van der Waals surface area contributed by atoms with E-state index in [-0.39, 0.29) is 0 Å². The second-order valence-corrected chi connectivity index (χ2v) is 4.07. The molecule has 2 N–H and O–H groups in total. The molecule has 0 aliphatic carbocycles. The summed E-state index contributed by atoms with van der Waals surface area (Å²) in [5.74, 6) is 0.472. The Bertz CT molecular complexity index is 282. The van der Waals surface area contributed by atoms with Crippen LogP contribution in [0, 0.1) is 6.92 Å². The van der Waals surface area contributed by atoms with E-state index < -0.39 is 0 Å². The molecular formula is C11H16ClN. The van der Waals surface area contributed by atoms with E-state index in [1.54, 1.807) is 0 Å². The Labute approximate surface area is 84.9 Å². The van der Waals surface area contributed by atoms with Crippen LogP contribution in [0.1, 0.15) is 36.5 Å². The predicted molar refractivity (Wildman–Crippen MR) is 58.2 cm³/mol. The molecule has 1 aromatic carbocycles. The zero-order valence-corrected chi connectivity index (χ0v) is 9.15. The van der Waals surface area contributed by atoms with Crippen LogP contribution < -0.4 is 5.73 Å². The number of aryl methyl sites for hydroxylation is 1. The first kappa shape index (κ1) is 10.6. The van der Waals surface area contributed by atoms with Gasteiger partial charge in [-0.2, -0.15) is 0 Å². The molecule has 1 rings (SSSR count). The fourth-order valence-corrected chi connectivity index (χ4v) is 2.18. The molecule has 0 aliphatic heterocycles. The lowest BCUT2D eigenvalue weighted by Crippen LogP contribution is -2.00. The van der Waals surface area contributed by atoms with E-state index in [2.05, 4.69) is 26.8 Å². The molecule has 0 heterocycles. The van der Waals surface area contributed by atoms with Gasteiger partial charge in [-0.05, 0) is 35.6 Å². The summed E-state index contributed by atoms with van der Waals surface area (Å²) in [6.07, 6.45) is 0. The molecule has 0 unspecified atom stereocenters. The molecule has 0 amide bonds. The van der Waals surface area contributed by atoms with Crippen LogP contribution in [-0.4, -0.2) is 0 Å². The van der Waals surface area contributed by atoms with Gasteiger partial charge >= 0.3 is 0 Å². The van der Waals surface area contributed by atoms with Gasteiger partial charge < -0.3 is 5.73 Å². The van der Waals surface area contributed by atoms with Crippen molar-refractivity contribution in [1.29, 1.82) is 0 Å². The van der Waals surface area contributed by atoms with Crippen molar-refractivity contribution in [2.45, 2.75) is 33.2 Å². The highest BCUT2D eigenvalue weighted by Crippen LogP contribution is 2.28. The predicted octanol–water partition coefficient (Wildman–Crippen LogP) is 3.23. The van der Waals surface area contributed by atoms with Crippen molar-refractivity contribution in [3.8, 4) is 0 Å². The molecule has 0 bridgehead atoms. The van der Waals surface area contributed by atoms with Crippen LogP contribution in [0.5, 0.6) is 0 Å². The van der Waals surface area contributed by atoms with Gasteiger partial charge in [-0.25, -0.2) is 0 Å². The average Bonchev–Trinajstić information content (AvgIpc) is 2.02. The molecule has 0 saturated heterocycles. The number of benzene rings is 1. The van der Waals surface area contributed by atoms with Crippen molar-refractivity contribution in [2.24, 2.45) is 5.73 Å². The minimum atomic E-state index is 0.472. The molecule has 0 aromatic heterocycles. The number of rotatable bonds is 2. The Balaban J connectivity index is 3.23. The van der Waals surface area contributed by atoms with Crippen molar-refractivity contribution >= 4 is 11.6 Å². The van der Waals surface area contributed by atoms with E-state index in [9.17, 15) is 0 Å². The third-order valence-electron chi connectivity index (χ3n) is 2.21. The SMILES string of the molecule is Cc1cc(CN)cc(Cl)c1C(C)C. The highest BCUT2D eigenvalue weighted by Gasteiger charge is 2.09. The largest absolute Gasteiger partial charge is 0.326 e. The normalized spacial score (nSPS) is 10.9. The minimum Gasteiger partial charge on any atom is -0.326 e. The maximum atomic E-state index is 6.15. The van der Waals surface area contributed by atoms with Crippen molar-refractivity contribution in [3.63, 3.8) is 0 Å². The Morgan fingerprint density at radius 3 is 2.38 bits per heavy atom. The second kappa shape index (κ2) is 4.12. The average molecular weight is 198 g/mol. The Morgan fingerprint density at radius 1 is 1.38 bits per heavy atom. The highest BCUT2D eigenvalue weighted by atomic mass is 35.5. The zero-order chi connectivity index (χ0) is 10.0. The number of halogens is 1. The Kier molecular flexibility index (Phi) is 3.34. The Morgan fingerprint density at radius 2 is 2.00 bits per heavy atom. The molecule has 1 nitrogen and oxygen atoms in total. The second-order valence-electron chi connectivity index (χ2n) is 3.67. The minimum absolute atomic E-state index is 0.472. The van der Waals surface area contributed by atoms with Crippen molar-refractivity contribution < 1.29 is 0 Å². The van der Waals surface area contributed by atoms with Gasteiger partial charge in [-0.3, -0.25) is 0 Å². The molecule has 2 heteroatoms. The third-order valence-corrected chi connectivity index (χ3v) is 2.52. The summed E-state index contributed by atoms with van der Waals surface area (Å²) >= 11 is 6.15. The first-order valence-electron chi connectivity index (χ1n) is 4.55. The van der Waals surface area contributed by atoms with E-state index in [1.165, 1.54) is 11.1 Å². The van der Waals surface area contributed by atoms with Crippen molar-refractivity contribution in [2.75, 3.05) is 0 Å². The lowest BCUT2D eigenvalue weighted by atomic mass is 9.96. The van der Waals surface area contributed by atoms with Gasteiger partial charge in [0.2, 0.25) is 0 Å². The quantitative estimate of drug-likeness (QED) is 0.774. The van der Waals surface area contributed by atoms with Crippen LogP contribution in [0.3, 0.4) is 0 Å². The van der Waals surface area contributed by atoms with E-state index in [0.29, 0.717) is 12.5 Å². The molecule has 72 valence electrons. The number of nitrogens with two attached hydrogens (primary N) is 1. The maximum Gasteiger partial charge on any atom is 0.0446 e. The topological polar surface area (TPSA) is 26.0 Å². The smallest absolute Gasteiger partial charge is 0.0446 e. The summed E-state index contributed by atoms with van der Waals surface area (Å²) in [6.45, 7) is 6.94. The summed E-state index contributed by atoms with van der Waals surface area (Å²) in [5.41, 5.74) is 9.13. The van der Waals surface area contributed by atoms with Crippen molar-refractivity contribution in [3.05, 3.63) is 33.8 Å². The van der Waals surface area contributed by atoms with E-state index >= 15 is 0 Å². The molecule has 0 fully saturated rings. The van der Waals surface area contributed by atoms with Crippen molar-refractivity contribution in [1.82, 2.24) is 0 Å². The molecule has 0 aliphatic rings. The standard InChI is InChI=1S/C11H16ClN/c1-7(2)11-8(3)4-9(6-13)5-10(11)12/h4-5,7H,6,13H2,1-3H3. The molecule has 1 aromatic rings. The molecule has 0 spiro atoms. The van der Waals surface area contributed by atoms with Gasteiger partial charge in [-0.15, -0.1) is 0 Å². The summed E-state index contributed by atoms with van der Waals surface area (Å²) < 4.78 is 0. The molecule has 0 saturated carbocycles. The van der Waals surface area contributed by atoms with Gasteiger partial charge in [0.05, 0.1) is 0 Å². The first-order valence-corrected chi connectivity index (χ1v) is 4.93. The summed E-state index contributed by atoms with van der Waals surface area (Å²) in [5, 5.41) is 0.843. The van der Waals surface area contributed by atoms with E-state index in [0.717, 1.165) is 10.6 Å². The molecule has 0 radical (unpaired) electrons. The molecular weight excluding hydrogens is 182 g/mol. The zero-order valence-electron chi connectivity index (χ0n) is 8.39. The lowest BCUT2D eigenvalue weighted by molar-refractivity contribution is 0.854. The van der Waals surface area contributed by atoms with E-state index in [4.69, 9.17) is 17.3 Å². The number of hydrogen-bond donors (Lipinski definition) is 1. The van der Waals surface area contributed by atoms with Crippen LogP contribution in [-0.2, 0) is 6.54 Å². The maximum absolute atomic E-state index is 6.15. The fourth-order valence-electron chi connectivity index (χ4n) is 1.68. The van der Waals surface area contributed by atoms with Crippen LogP contribution >= 0.6 is 11.6 Å². The van der Waals surface area contributed by atoms with Gasteiger partial charge in [-0.1, -0.05) is 31.5 Å². The van der Waals surface area contributed by atoms with Gasteiger partial charge in [0.1, 0.15) is 0 Å². The fraction of sp³-hybridized carbons (Fsp3) is 0.455. The van der Waals surface area contributed by atoms with Gasteiger partial charge in [0.15, 0.2) is 0 Å². The van der Waals surface area contributed by atoms with Crippen LogP contribution in [0.25, 0.3) is 0 Å². The summed E-state index contributed by atoms with van der Waals surface area (Å²) in [4.78, 5) is 0. The molecule has 0 atom stereocenters. The summed E-state index contributed by atoms with van der Waals surface area (Å²) in [7, 11) is 0. The number of hydrogen-bond acceptors (Lipinski definition) is 1. The molecule has 13 heavy (non-hydrogen) atoms. The Hall–Kier alpha value is -0.530. The summed E-state index contributed by atoms with van der Waals surface area (Å²) in [6, 6.07) is 4.07. The first-order chi connectivity index (χ1) is 6.06. The van der Waals surface area contributed by atoms with Crippen LogP contribution in [0.4, 0.5) is 0 Å². The van der Waals surface area contributed by atoms with Gasteiger partial charge in [0, 0.05) is 11.6 Å². The monoisotopic (exact) mass is 197 g/mol. The third kappa shape index (κ3) is 2.23. The van der Waals surface area contributed by atoms with Crippen LogP contribution in [0.2, 0.25) is 5.02 Å².